The van der Waals surface area contributed by atoms with E-state index >= 15 is 0 Å². The molecule has 8 heteroatoms. The average Bonchev–Trinajstić information content (AvgIpc) is 2.82. The zero-order chi connectivity index (χ0) is 26.4. The Morgan fingerprint density at radius 2 is 1.67 bits per heavy atom. The number of aliphatic hydroxyl groups excluding tert-OH is 1. The zero-order valence-corrected chi connectivity index (χ0v) is 20.8. The normalized spacial score (nSPS) is 31.6. The summed E-state index contributed by atoms with van der Waals surface area (Å²) < 4.78 is 0. The van der Waals surface area contributed by atoms with Crippen LogP contribution in [0, 0.1) is 23.7 Å². The summed E-state index contributed by atoms with van der Waals surface area (Å²) in [6, 6.07) is 3.17. The second-order valence-electron chi connectivity index (χ2n) is 10.6. The lowest BCUT2D eigenvalue weighted by Gasteiger charge is -2.51. The van der Waals surface area contributed by atoms with Crippen LogP contribution < -0.4 is 0 Å². The Labute approximate surface area is 210 Å². The minimum absolute atomic E-state index is 0.00946. The number of benzene rings is 1. The van der Waals surface area contributed by atoms with Gasteiger partial charge in [-0.1, -0.05) is 45.1 Å². The van der Waals surface area contributed by atoms with Crippen LogP contribution in [0.4, 0.5) is 0 Å². The van der Waals surface area contributed by atoms with E-state index in [1.807, 2.05) is 0 Å². The van der Waals surface area contributed by atoms with Gasteiger partial charge in [-0.25, -0.2) is 0 Å². The molecular formula is C28H34O8. The van der Waals surface area contributed by atoms with Crippen molar-refractivity contribution in [3.63, 3.8) is 0 Å². The van der Waals surface area contributed by atoms with Crippen molar-refractivity contribution in [3.8, 4) is 5.75 Å². The molecule has 6 atom stereocenters. The second-order valence-corrected chi connectivity index (χ2v) is 10.6. The summed E-state index contributed by atoms with van der Waals surface area (Å²) in [7, 11) is 0. The molecule has 0 radical (unpaired) electrons. The first-order valence-corrected chi connectivity index (χ1v) is 13.0. The molecular weight excluding hydrogens is 464 g/mol. The van der Waals surface area contributed by atoms with Gasteiger partial charge < -0.3 is 15.3 Å². The number of fused-ring (bicyclic) bond motifs is 3. The van der Waals surface area contributed by atoms with E-state index in [2.05, 4.69) is 6.92 Å². The Bertz CT molecular complexity index is 1120. The predicted molar refractivity (Wildman–Crippen MR) is 128 cm³/mol. The van der Waals surface area contributed by atoms with E-state index in [1.54, 1.807) is 6.07 Å². The van der Waals surface area contributed by atoms with E-state index in [9.17, 15) is 39.3 Å². The lowest BCUT2D eigenvalue weighted by Crippen LogP contribution is -2.71. The second kappa shape index (κ2) is 9.98. The van der Waals surface area contributed by atoms with E-state index in [0.717, 1.165) is 44.6 Å². The number of unbranched alkanes of at least 4 members (excludes halogenated alkanes) is 5. The Hall–Kier alpha value is -2.71. The fourth-order valence-corrected chi connectivity index (χ4v) is 6.50. The van der Waals surface area contributed by atoms with Gasteiger partial charge in [-0.3, -0.25) is 24.0 Å². The molecule has 2 fully saturated rings. The van der Waals surface area contributed by atoms with Crippen molar-refractivity contribution in [2.45, 2.75) is 83.3 Å². The maximum atomic E-state index is 13.6. The molecule has 1 aromatic carbocycles. The molecule has 3 aliphatic carbocycles. The van der Waals surface area contributed by atoms with Crippen molar-refractivity contribution >= 4 is 28.9 Å². The van der Waals surface area contributed by atoms with Gasteiger partial charge in [-0.2, -0.15) is 0 Å². The van der Waals surface area contributed by atoms with Crippen LogP contribution in [0.2, 0.25) is 0 Å². The summed E-state index contributed by atoms with van der Waals surface area (Å²) in [5.41, 5.74) is -1.38. The van der Waals surface area contributed by atoms with Crippen LogP contribution in [0.3, 0.4) is 0 Å². The molecule has 0 aromatic heterocycles. The largest absolute Gasteiger partial charge is 0.507 e. The Kier molecular flexibility index (Phi) is 7.30. The monoisotopic (exact) mass is 498 g/mol. The van der Waals surface area contributed by atoms with E-state index in [1.165, 1.54) is 12.5 Å². The summed E-state index contributed by atoms with van der Waals surface area (Å²) in [5.74, 6) is -10.6. The first kappa shape index (κ1) is 26.4. The van der Waals surface area contributed by atoms with Gasteiger partial charge in [0, 0.05) is 18.3 Å². The molecule has 3 N–H and O–H groups in total. The van der Waals surface area contributed by atoms with Crippen LogP contribution in [0.1, 0.15) is 80.3 Å². The molecule has 36 heavy (non-hydrogen) atoms. The number of aliphatic hydroxyl groups is 2. The molecule has 0 bridgehead atoms. The summed E-state index contributed by atoms with van der Waals surface area (Å²) >= 11 is 0. The summed E-state index contributed by atoms with van der Waals surface area (Å²) in [4.78, 5) is 64.7. The third-order valence-electron chi connectivity index (χ3n) is 8.42. The molecule has 0 heterocycles. The highest BCUT2D eigenvalue weighted by Crippen LogP contribution is 2.50. The van der Waals surface area contributed by atoms with E-state index in [0.29, 0.717) is 12.0 Å². The van der Waals surface area contributed by atoms with Crippen molar-refractivity contribution in [2.75, 3.05) is 0 Å². The fraction of sp³-hybridized carbons (Fsp3) is 0.607. The van der Waals surface area contributed by atoms with Gasteiger partial charge in [0.1, 0.15) is 17.5 Å². The maximum Gasteiger partial charge on any atom is 0.190 e. The zero-order valence-electron chi connectivity index (χ0n) is 20.8. The molecule has 0 aliphatic heterocycles. The molecule has 8 nitrogen and oxygen atoms in total. The number of rotatable bonds is 8. The standard InChI is InChI=1S/C28H34O8/c1-3-4-5-6-7-8-9-15-10-11-19(30)22-16(15)12-17-23(25(22)33)27(35)28(36)18(24(17)32)13-20(31)21(14(2)29)26(28)34/h10-11,17-18,21,23-24,30,32,36H,3-9,12-13H2,1-2H3/t17-,18-,21?,23?,24+,28-/m1/s1. The smallest absolute Gasteiger partial charge is 0.190 e. The quantitative estimate of drug-likeness (QED) is 0.366. The predicted octanol–water partition coefficient (Wildman–Crippen LogP) is 2.30. The molecule has 194 valence electrons. The molecule has 2 unspecified atom stereocenters. The van der Waals surface area contributed by atoms with Gasteiger partial charge in [-0.15, -0.1) is 0 Å². The minimum Gasteiger partial charge on any atom is -0.507 e. The van der Waals surface area contributed by atoms with Crippen LogP contribution in [0.15, 0.2) is 12.1 Å². The van der Waals surface area contributed by atoms with Crippen molar-refractivity contribution in [1.82, 2.24) is 0 Å². The first-order valence-electron chi connectivity index (χ1n) is 13.0. The summed E-state index contributed by atoms with van der Waals surface area (Å²) in [5, 5.41) is 33.1. The Morgan fingerprint density at radius 1 is 1.00 bits per heavy atom. The number of carbonyl (C=O) groups excluding carboxylic acids is 5. The number of Topliss-reactive ketones (excluding diaryl/α,β-unsaturated/α-hetero) is 5. The van der Waals surface area contributed by atoms with E-state index in [4.69, 9.17) is 0 Å². The molecule has 2 saturated carbocycles. The number of hydrogen-bond donors (Lipinski definition) is 3. The number of aryl methyl sites for hydroxylation is 1. The lowest BCUT2D eigenvalue weighted by molar-refractivity contribution is -0.187. The number of ketones is 5. The number of hydrogen-bond acceptors (Lipinski definition) is 8. The highest BCUT2D eigenvalue weighted by atomic mass is 16.3. The lowest BCUT2D eigenvalue weighted by atomic mass is 9.52. The third-order valence-corrected chi connectivity index (χ3v) is 8.42. The minimum atomic E-state index is -2.80. The molecule has 3 aliphatic rings. The Morgan fingerprint density at radius 3 is 2.33 bits per heavy atom. The molecule has 1 aromatic rings. The van der Waals surface area contributed by atoms with Crippen LogP contribution in [0.25, 0.3) is 0 Å². The summed E-state index contributed by atoms with van der Waals surface area (Å²) in [6.45, 7) is 3.18. The van der Waals surface area contributed by atoms with Gasteiger partial charge in [0.05, 0.1) is 17.6 Å². The molecule has 0 amide bonds. The van der Waals surface area contributed by atoms with Gasteiger partial charge in [0.15, 0.2) is 28.7 Å². The van der Waals surface area contributed by atoms with Crippen molar-refractivity contribution < 1.29 is 39.3 Å². The van der Waals surface area contributed by atoms with Crippen LogP contribution >= 0.6 is 0 Å². The topological polar surface area (TPSA) is 146 Å². The van der Waals surface area contributed by atoms with E-state index in [-0.39, 0.29) is 17.7 Å². The van der Waals surface area contributed by atoms with Crippen LogP contribution in [0.5, 0.6) is 5.75 Å². The SMILES string of the molecule is CCCCCCCCc1ccc(O)c2c1C[C@@H]1C(C2=O)C(=O)[C@]2(O)C(=O)C(C(C)=O)C(=O)C[C@@H]2[C@H]1O. The number of phenols is 1. The Balaban J connectivity index is 1.67. The average molecular weight is 499 g/mol. The van der Waals surface area contributed by atoms with Crippen LogP contribution in [-0.4, -0.2) is 55.9 Å². The van der Waals surface area contributed by atoms with Gasteiger partial charge in [0.25, 0.3) is 0 Å². The number of carbonyl (C=O) groups is 5. The van der Waals surface area contributed by atoms with Crippen molar-refractivity contribution in [2.24, 2.45) is 23.7 Å². The highest BCUT2D eigenvalue weighted by Gasteiger charge is 2.68. The van der Waals surface area contributed by atoms with Gasteiger partial charge in [0.2, 0.25) is 0 Å². The molecule has 0 spiro atoms. The van der Waals surface area contributed by atoms with Gasteiger partial charge >= 0.3 is 0 Å². The maximum absolute atomic E-state index is 13.6. The van der Waals surface area contributed by atoms with Gasteiger partial charge in [-0.05, 0) is 43.4 Å². The number of aromatic hydroxyl groups is 1. The van der Waals surface area contributed by atoms with Crippen molar-refractivity contribution in [1.29, 1.82) is 0 Å². The fourth-order valence-electron chi connectivity index (χ4n) is 6.50. The summed E-state index contributed by atoms with van der Waals surface area (Å²) in [6.07, 6.45) is 5.30. The highest BCUT2D eigenvalue weighted by molar-refractivity contribution is 6.31. The van der Waals surface area contributed by atoms with Crippen molar-refractivity contribution in [3.05, 3.63) is 28.8 Å². The van der Waals surface area contributed by atoms with Crippen LogP contribution in [-0.2, 0) is 32.0 Å². The third kappa shape index (κ3) is 4.04. The first-order chi connectivity index (χ1) is 17.0. The van der Waals surface area contributed by atoms with E-state index < -0.39 is 70.7 Å². The molecule has 4 rings (SSSR count). The molecule has 0 saturated heterocycles. The number of phenolic OH excluding ortho intramolecular Hbond substituents is 1.